The standard InChI is InChI=1S/C23H30BrN3O3/c1-25-14-15(6-9-30-23(28)27-7-10-29-11-8-27)12-17-16-4-3-5-19-21(16)18(13-20(17)25)22(24)26(19)2/h3-5,15,17,20H,6-14H2,1-2H3/t15?,17-,20-/m0/s1. The van der Waals surface area contributed by atoms with E-state index in [1.165, 1.54) is 26.6 Å². The minimum atomic E-state index is -0.193. The lowest BCUT2D eigenvalue weighted by Gasteiger charge is -2.45. The molecule has 2 saturated heterocycles. The highest BCUT2D eigenvalue weighted by molar-refractivity contribution is 9.10. The molecule has 1 aromatic carbocycles. The number of carbonyl (C=O) groups is 1. The molecular formula is C23H30BrN3O3. The predicted octanol–water partition coefficient (Wildman–Crippen LogP) is 3.76. The molecule has 30 heavy (non-hydrogen) atoms. The van der Waals surface area contributed by atoms with Crippen LogP contribution < -0.4 is 0 Å². The van der Waals surface area contributed by atoms with Gasteiger partial charge >= 0.3 is 6.09 Å². The smallest absolute Gasteiger partial charge is 0.409 e. The van der Waals surface area contributed by atoms with Crippen molar-refractivity contribution in [1.82, 2.24) is 14.4 Å². The van der Waals surface area contributed by atoms with Gasteiger partial charge in [0.25, 0.3) is 0 Å². The first-order valence-corrected chi connectivity index (χ1v) is 11.8. The van der Waals surface area contributed by atoms with E-state index in [0.29, 0.717) is 50.8 Å². The molecule has 1 aliphatic carbocycles. The number of amides is 1. The van der Waals surface area contributed by atoms with Crippen LogP contribution in [0.4, 0.5) is 4.79 Å². The van der Waals surface area contributed by atoms with Crippen LogP contribution in [0.25, 0.3) is 10.9 Å². The van der Waals surface area contributed by atoms with Gasteiger partial charge in [0.1, 0.15) is 0 Å². The second-order valence-electron chi connectivity index (χ2n) is 8.99. The molecule has 5 rings (SSSR count). The lowest BCUT2D eigenvalue weighted by Crippen LogP contribution is -2.48. The Morgan fingerprint density at radius 2 is 2.07 bits per heavy atom. The van der Waals surface area contributed by atoms with Gasteiger partial charge in [-0.3, -0.25) is 0 Å². The van der Waals surface area contributed by atoms with E-state index in [2.05, 4.69) is 57.7 Å². The third kappa shape index (κ3) is 3.45. The molecule has 2 aliphatic heterocycles. The van der Waals surface area contributed by atoms with Crippen LogP contribution in [0, 0.1) is 5.92 Å². The number of ether oxygens (including phenoxy) is 2. The van der Waals surface area contributed by atoms with Crippen molar-refractivity contribution in [2.24, 2.45) is 13.0 Å². The van der Waals surface area contributed by atoms with E-state index < -0.39 is 0 Å². The van der Waals surface area contributed by atoms with E-state index in [0.717, 1.165) is 25.8 Å². The van der Waals surface area contributed by atoms with Crippen molar-refractivity contribution in [2.45, 2.75) is 31.2 Å². The van der Waals surface area contributed by atoms with Gasteiger partial charge in [-0.2, -0.15) is 0 Å². The number of hydrogen-bond acceptors (Lipinski definition) is 4. The zero-order valence-electron chi connectivity index (χ0n) is 17.8. The van der Waals surface area contributed by atoms with Gasteiger partial charge in [0.05, 0.1) is 24.4 Å². The third-order valence-corrected chi connectivity index (χ3v) is 8.29. The summed E-state index contributed by atoms with van der Waals surface area (Å²) in [5.74, 6) is 1.08. The van der Waals surface area contributed by atoms with Crippen LogP contribution in [0.15, 0.2) is 22.8 Å². The normalized spacial score (nSPS) is 26.6. The molecule has 3 aliphatic rings. The topological polar surface area (TPSA) is 46.9 Å². The van der Waals surface area contributed by atoms with E-state index >= 15 is 0 Å². The van der Waals surface area contributed by atoms with Crippen molar-refractivity contribution in [3.05, 3.63) is 33.9 Å². The fourth-order valence-corrected chi connectivity index (χ4v) is 6.26. The zero-order valence-corrected chi connectivity index (χ0v) is 19.4. The SMILES string of the molecule is CN1CC(CCOC(=O)N2CCOCC2)C[C@H]2c3cccc4c3c(c(Br)n4C)C[C@@H]21. The summed E-state index contributed by atoms with van der Waals surface area (Å²) in [6.45, 7) is 4.04. The Kier molecular flexibility index (Phi) is 5.54. The minimum absolute atomic E-state index is 0.193. The summed E-state index contributed by atoms with van der Waals surface area (Å²) in [6.07, 6.45) is 2.98. The predicted molar refractivity (Wildman–Crippen MR) is 120 cm³/mol. The second kappa shape index (κ2) is 8.17. The van der Waals surface area contributed by atoms with E-state index in [-0.39, 0.29) is 6.09 Å². The Hall–Kier alpha value is -1.57. The van der Waals surface area contributed by atoms with Crippen LogP contribution in [-0.2, 0) is 22.9 Å². The quantitative estimate of drug-likeness (QED) is 0.677. The number of piperidine rings is 1. The monoisotopic (exact) mass is 475 g/mol. The van der Waals surface area contributed by atoms with Gasteiger partial charge in [0, 0.05) is 49.5 Å². The fourth-order valence-electron chi connectivity index (χ4n) is 5.71. The Labute approximate surface area is 186 Å². The lowest BCUT2D eigenvalue weighted by atomic mass is 9.72. The van der Waals surface area contributed by atoms with Crippen LogP contribution in [0.5, 0.6) is 0 Å². The van der Waals surface area contributed by atoms with E-state index in [9.17, 15) is 4.79 Å². The average Bonchev–Trinajstić information content (AvgIpc) is 3.01. The number of aryl methyl sites for hydroxylation is 1. The van der Waals surface area contributed by atoms with Crippen molar-refractivity contribution in [2.75, 3.05) is 46.5 Å². The Balaban J connectivity index is 1.28. The van der Waals surface area contributed by atoms with Crippen molar-refractivity contribution in [3.8, 4) is 0 Å². The number of morpholine rings is 1. The molecule has 3 atom stereocenters. The maximum absolute atomic E-state index is 12.3. The molecule has 2 aromatic rings. The van der Waals surface area contributed by atoms with Gasteiger partial charge in [-0.1, -0.05) is 12.1 Å². The summed E-state index contributed by atoms with van der Waals surface area (Å²) in [7, 11) is 4.40. The van der Waals surface area contributed by atoms with Gasteiger partial charge < -0.3 is 23.8 Å². The molecule has 1 aromatic heterocycles. The Morgan fingerprint density at radius 1 is 1.27 bits per heavy atom. The van der Waals surface area contributed by atoms with Crippen LogP contribution in [-0.4, -0.2) is 73.0 Å². The summed E-state index contributed by atoms with van der Waals surface area (Å²) in [6, 6.07) is 7.28. The first kappa shape index (κ1) is 20.3. The van der Waals surface area contributed by atoms with Crippen LogP contribution in [0.1, 0.15) is 29.9 Å². The van der Waals surface area contributed by atoms with Gasteiger partial charge in [-0.15, -0.1) is 0 Å². The van der Waals surface area contributed by atoms with Crippen molar-refractivity contribution in [3.63, 3.8) is 0 Å². The third-order valence-electron chi connectivity index (χ3n) is 7.28. The number of fused-ring (bicyclic) bond motifs is 2. The van der Waals surface area contributed by atoms with Crippen LogP contribution in [0.3, 0.4) is 0 Å². The molecule has 7 heteroatoms. The molecule has 6 nitrogen and oxygen atoms in total. The lowest BCUT2D eigenvalue weighted by molar-refractivity contribution is 0.0232. The highest BCUT2D eigenvalue weighted by Crippen LogP contribution is 2.47. The molecule has 3 heterocycles. The number of benzene rings is 1. The van der Waals surface area contributed by atoms with Crippen molar-refractivity contribution in [1.29, 1.82) is 0 Å². The zero-order chi connectivity index (χ0) is 20.8. The first-order valence-electron chi connectivity index (χ1n) is 11.0. The largest absolute Gasteiger partial charge is 0.449 e. The molecule has 2 fully saturated rings. The molecule has 0 bridgehead atoms. The van der Waals surface area contributed by atoms with E-state index in [1.807, 2.05) is 0 Å². The number of halogens is 1. The number of aromatic nitrogens is 1. The fraction of sp³-hybridized carbons (Fsp3) is 0.609. The molecule has 162 valence electrons. The van der Waals surface area contributed by atoms with Gasteiger partial charge in [0.15, 0.2) is 0 Å². The summed E-state index contributed by atoms with van der Waals surface area (Å²) in [5, 5.41) is 1.45. The molecule has 0 N–H and O–H groups in total. The van der Waals surface area contributed by atoms with E-state index in [1.54, 1.807) is 4.90 Å². The van der Waals surface area contributed by atoms with Crippen LogP contribution >= 0.6 is 15.9 Å². The molecule has 0 radical (unpaired) electrons. The Morgan fingerprint density at radius 3 is 2.87 bits per heavy atom. The first-order chi connectivity index (χ1) is 14.5. The minimum Gasteiger partial charge on any atom is -0.449 e. The highest BCUT2D eigenvalue weighted by atomic mass is 79.9. The van der Waals surface area contributed by atoms with Crippen LogP contribution in [0.2, 0.25) is 0 Å². The van der Waals surface area contributed by atoms with Crippen molar-refractivity contribution >= 4 is 32.9 Å². The summed E-state index contributed by atoms with van der Waals surface area (Å²) in [5.41, 5.74) is 4.26. The maximum Gasteiger partial charge on any atom is 0.409 e. The molecule has 0 spiro atoms. The number of nitrogens with zero attached hydrogens (tertiary/aromatic N) is 3. The average molecular weight is 476 g/mol. The number of likely N-dealkylation sites (N-methyl/N-ethyl adjacent to an activating group) is 1. The highest BCUT2D eigenvalue weighted by Gasteiger charge is 2.40. The second-order valence-corrected chi connectivity index (χ2v) is 9.74. The van der Waals surface area contributed by atoms with E-state index in [4.69, 9.17) is 9.47 Å². The maximum atomic E-state index is 12.3. The molecule has 1 amide bonds. The number of likely N-dealkylation sites (tertiary alicyclic amines) is 1. The van der Waals surface area contributed by atoms with Crippen molar-refractivity contribution < 1.29 is 14.3 Å². The van der Waals surface area contributed by atoms with Gasteiger partial charge in [-0.05, 0) is 65.4 Å². The molecular weight excluding hydrogens is 446 g/mol. The molecule has 0 saturated carbocycles. The summed E-state index contributed by atoms with van der Waals surface area (Å²) < 4.78 is 14.4. The summed E-state index contributed by atoms with van der Waals surface area (Å²) >= 11 is 3.83. The number of carbonyl (C=O) groups excluding carboxylic acids is 1. The van der Waals surface area contributed by atoms with Gasteiger partial charge in [-0.25, -0.2) is 4.79 Å². The summed E-state index contributed by atoms with van der Waals surface area (Å²) in [4.78, 5) is 16.5. The molecule has 1 unspecified atom stereocenters. The van der Waals surface area contributed by atoms with Gasteiger partial charge in [0.2, 0.25) is 0 Å². The number of hydrogen-bond donors (Lipinski definition) is 0. The number of rotatable bonds is 3. The Bertz CT molecular complexity index is 953.